The van der Waals surface area contributed by atoms with Crippen molar-refractivity contribution in [3.8, 4) is 0 Å². The van der Waals surface area contributed by atoms with Crippen molar-refractivity contribution in [3.63, 3.8) is 0 Å². The van der Waals surface area contributed by atoms with Gasteiger partial charge in [-0.05, 0) is 43.4 Å². The molecule has 21 heavy (non-hydrogen) atoms. The van der Waals surface area contributed by atoms with Gasteiger partial charge in [-0.25, -0.2) is 4.39 Å². The molecule has 0 atom stereocenters. The van der Waals surface area contributed by atoms with Crippen LogP contribution in [0, 0.1) is 11.2 Å². The first-order valence-electron chi connectivity index (χ1n) is 7.76. The highest BCUT2D eigenvalue weighted by Crippen LogP contribution is 2.48. The quantitative estimate of drug-likeness (QED) is 0.876. The molecule has 0 bridgehead atoms. The predicted molar refractivity (Wildman–Crippen MR) is 78.3 cm³/mol. The van der Waals surface area contributed by atoms with Crippen LogP contribution in [-0.4, -0.2) is 24.2 Å². The van der Waals surface area contributed by atoms with Crippen molar-refractivity contribution in [1.82, 2.24) is 5.32 Å². The van der Waals surface area contributed by atoms with Gasteiger partial charge in [-0.15, -0.1) is 0 Å². The minimum absolute atomic E-state index is 0.0221. The number of amides is 1. The van der Waals surface area contributed by atoms with Crippen LogP contribution >= 0.6 is 0 Å². The summed E-state index contributed by atoms with van der Waals surface area (Å²) in [4.78, 5) is 12.5. The summed E-state index contributed by atoms with van der Waals surface area (Å²) in [7, 11) is 0. The smallest absolute Gasteiger partial charge is 0.230 e. The van der Waals surface area contributed by atoms with Crippen LogP contribution in [-0.2, 0) is 10.2 Å². The van der Waals surface area contributed by atoms with Gasteiger partial charge in [0.05, 0.1) is 12.0 Å². The zero-order valence-corrected chi connectivity index (χ0v) is 12.2. The SMILES string of the molecule is O=C(NCC1(CO)CCCC1)C1(c2ccc(F)cc2)CC1. The summed E-state index contributed by atoms with van der Waals surface area (Å²) in [6.45, 7) is 0.683. The number of benzene rings is 1. The monoisotopic (exact) mass is 291 g/mol. The van der Waals surface area contributed by atoms with E-state index in [1.54, 1.807) is 12.1 Å². The van der Waals surface area contributed by atoms with E-state index < -0.39 is 5.41 Å². The minimum atomic E-state index is -0.469. The molecular formula is C17H22FNO2. The third kappa shape index (κ3) is 2.69. The Hall–Kier alpha value is -1.42. The van der Waals surface area contributed by atoms with Gasteiger partial charge in [-0.3, -0.25) is 4.79 Å². The molecule has 0 unspecified atom stereocenters. The number of rotatable bonds is 5. The molecule has 0 saturated heterocycles. The number of aliphatic hydroxyl groups is 1. The zero-order chi connectivity index (χ0) is 14.9. The number of aliphatic hydroxyl groups excluding tert-OH is 1. The molecule has 3 nitrogen and oxygen atoms in total. The van der Waals surface area contributed by atoms with E-state index in [2.05, 4.69) is 5.32 Å². The van der Waals surface area contributed by atoms with Gasteiger partial charge in [0.2, 0.25) is 5.91 Å². The van der Waals surface area contributed by atoms with Crippen LogP contribution in [0.5, 0.6) is 0 Å². The Kier molecular flexibility index (Phi) is 3.74. The lowest BCUT2D eigenvalue weighted by molar-refractivity contribution is -0.124. The fraction of sp³-hybridized carbons (Fsp3) is 0.588. The highest BCUT2D eigenvalue weighted by Gasteiger charge is 2.51. The first-order valence-corrected chi connectivity index (χ1v) is 7.76. The molecule has 4 heteroatoms. The molecule has 2 N–H and O–H groups in total. The first kappa shape index (κ1) is 14.5. The van der Waals surface area contributed by atoms with Crippen LogP contribution in [0.3, 0.4) is 0 Å². The molecule has 1 aromatic rings. The van der Waals surface area contributed by atoms with E-state index in [1.165, 1.54) is 12.1 Å². The number of halogens is 1. The molecule has 0 heterocycles. The van der Waals surface area contributed by atoms with Gasteiger partial charge in [0.15, 0.2) is 0 Å². The summed E-state index contributed by atoms with van der Waals surface area (Å²) in [6.07, 6.45) is 5.84. The molecule has 2 saturated carbocycles. The summed E-state index contributed by atoms with van der Waals surface area (Å²) >= 11 is 0. The second-order valence-corrected chi connectivity index (χ2v) is 6.64. The Balaban J connectivity index is 1.66. The third-order valence-electron chi connectivity index (χ3n) is 5.21. The van der Waals surface area contributed by atoms with E-state index in [0.717, 1.165) is 44.1 Å². The number of hydrogen-bond donors (Lipinski definition) is 2. The molecule has 1 amide bonds. The topological polar surface area (TPSA) is 49.3 Å². The van der Waals surface area contributed by atoms with E-state index in [1.807, 2.05) is 0 Å². The Morgan fingerprint density at radius 3 is 2.29 bits per heavy atom. The van der Waals surface area contributed by atoms with Crippen molar-refractivity contribution in [3.05, 3.63) is 35.6 Å². The van der Waals surface area contributed by atoms with Gasteiger partial charge >= 0.3 is 0 Å². The fourth-order valence-electron chi connectivity index (χ4n) is 3.49. The summed E-state index contributed by atoms with van der Waals surface area (Å²) in [5, 5.41) is 12.6. The zero-order valence-electron chi connectivity index (χ0n) is 12.2. The Morgan fingerprint density at radius 2 is 1.76 bits per heavy atom. The van der Waals surface area contributed by atoms with E-state index in [0.29, 0.717) is 6.54 Å². The molecule has 2 aliphatic rings. The van der Waals surface area contributed by atoms with E-state index in [4.69, 9.17) is 0 Å². The van der Waals surface area contributed by atoms with Crippen molar-refractivity contribution < 1.29 is 14.3 Å². The second-order valence-electron chi connectivity index (χ2n) is 6.64. The normalized spacial score (nSPS) is 22.0. The molecule has 2 fully saturated rings. The molecule has 114 valence electrons. The lowest BCUT2D eigenvalue weighted by Gasteiger charge is -2.28. The van der Waals surface area contributed by atoms with Crippen LogP contribution in [0.25, 0.3) is 0 Å². The average molecular weight is 291 g/mol. The number of nitrogens with one attached hydrogen (secondary N) is 1. The third-order valence-corrected chi connectivity index (χ3v) is 5.21. The van der Waals surface area contributed by atoms with E-state index in [9.17, 15) is 14.3 Å². The summed E-state index contributed by atoms with van der Waals surface area (Å²) in [5.74, 6) is -0.256. The summed E-state index contributed by atoms with van der Waals surface area (Å²) in [6, 6.07) is 6.24. The highest BCUT2D eigenvalue weighted by atomic mass is 19.1. The van der Waals surface area contributed by atoms with Crippen molar-refractivity contribution in [2.24, 2.45) is 5.41 Å². The van der Waals surface area contributed by atoms with Gasteiger partial charge in [0.25, 0.3) is 0 Å². The van der Waals surface area contributed by atoms with Crippen molar-refractivity contribution >= 4 is 5.91 Å². The van der Waals surface area contributed by atoms with Gasteiger partial charge in [0.1, 0.15) is 5.82 Å². The summed E-state index contributed by atoms with van der Waals surface area (Å²) < 4.78 is 13.0. The second kappa shape index (κ2) is 5.41. The van der Waals surface area contributed by atoms with Crippen LogP contribution in [0.2, 0.25) is 0 Å². The van der Waals surface area contributed by atoms with E-state index >= 15 is 0 Å². The van der Waals surface area contributed by atoms with Gasteiger partial charge in [-0.2, -0.15) is 0 Å². The van der Waals surface area contributed by atoms with Gasteiger partial charge in [0, 0.05) is 12.0 Å². The largest absolute Gasteiger partial charge is 0.396 e. The molecule has 0 spiro atoms. The molecular weight excluding hydrogens is 269 g/mol. The molecule has 0 aromatic heterocycles. The molecule has 1 aromatic carbocycles. The average Bonchev–Trinajstić information content (AvgIpc) is 3.18. The number of carbonyl (C=O) groups is 1. The Labute approximate surface area is 124 Å². The highest BCUT2D eigenvalue weighted by molar-refractivity contribution is 5.91. The lowest BCUT2D eigenvalue weighted by atomic mass is 9.86. The predicted octanol–water partition coefficient (Wildman–Crippen LogP) is 2.53. The maximum absolute atomic E-state index is 13.0. The van der Waals surface area contributed by atoms with Gasteiger partial charge < -0.3 is 10.4 Å². The van der Waals surface area contributed by atoms with Crippen LogP contribution in [0.1, 0.15) is 44.1 Å². The summed E-state index contributed by atoms with van der Waals surface area (Å²) in [5.41, 5.74) is 0.295. The molecule has 0 aliphatic heterocycles. The first-order chi connectivity index (χ1) is 10.1. The van der Waals surface area contributed by atoms with Crippen molar-refractivity contribution in [2.75, 3.05) is 13.2 Å². The van der Waals surface area contributed by atoms with Crippen molar-refractivity contribution in [2.45, 2.75) is 43.9 Å². The molecule has 2 aliphatic carbocycles. The van der Waals surface area contributed by atoms with Crippen LogP contribution in [0.4, 0.5) is 4.39 Å². The maximum Gasteiger partial charge on any atom is 0.230 e. The Bertz CT molecular complexity index is 516. The molecule has 0 radical (unpaired) electrons. The van der Waals surface area contributed by atoms with Crippen molar-refractivity contribution in [1.29, 1.82) is 0 Å². The van der Waals surface area contributed by atoms with Crippen LogP contribution in [0.15, 0.2) is 24.3 Å². The molecule has 3 rings (SSSR count). The number of hydrogen-bond acceptors (Lipinski definition) is 2. The standard InChI is InChI=1S/C17H22FNO2/c18-14-5-3-13(4-6-14)17(9-10-17)15(21)19-11-16(12-20)7-1-2-8-16/h3-6,20H,1-2,7-12H2,(H,19,21). The lowest BCUT2D eigenvalue weighted by Crippen LogP contribution is -2.42. The van der Waals surface area contributed by atoms with E-state index in [-0.39, 0.29) is 23.7 Å². The minimum Gasteiger partial charge on any atom is -0.396 e. The van der Waals surface area contributed by atoms with Gasteiger partial charge in [-0.1, -0.05) is 25.0 Å². The maximum atomic E-state index is 13.0. The number of carbonyl (C=O) groups excluding carboxylic acids is 1. The fourth-order valence-corrected chi connectivity index (χ4v) is 3.49. The van der Waals surface area contributed by atoms with Crippen LogP contribution < -0.4 is 5.32 Å². The Morgan fingerprint density at radius 1 is 1.14 bits per heavy atom.